The molecule has 0 radical (unpaired) electrons. The second-order valence-corrected chi connectivity index (χ2v) is 6.53. The highest BCUT2D eigenvalue weighted by Crippen LogP contribution is 2.46. The average molecular weight is 254 g/mol. The van der Waals surface area contributed by atoms with Crippen molar-refractivity contribution in [3.05, 3.63) is 11.8 Å². The quantitative estimate of drug-likeness (QED) is 0.648. The van der Waals surface area contributed by atoms with E-state index >= 15 is 0 Å². The summed E-state index contributed by atoms with van der Waals surface area (Å²) in [6.45, 7) is 8.11. The molecule has 0 heterocycles. The van der Waals surface area contributed by atoms with Crippen molar-refractivity contribution in [2.45, 2.75) is 46.0 Å². The van der Waals surface area contributed by atoms with Crippen LogP contribution in [0.3, 0.4) is 0 Å². The lowest BCUT2D eigenvalue weighted by molar-refractivity contribution is -0.0389. The Morgan fingerprint density at radius 3 is 2.25 bits per heavy atom. The summed E-state index contributed by atoms with van der Waals surface area (Å²) < 4.78 is 40.8. The summed E-state index contributed by atoms with van der Waals surface area (Å²) in [5, 5.41) is 0. The minimum absolute atomic E-state index is 0.0141. The second kappa shape index (κ2) is 4.17. The first-order valence-corrected chi connectivity index (χ1v) is 5.88. The Morgan fingerprint density at radius 1 is 1.25 bits per heavy atom. The average Bonchev–Trinajstić information content (AvgIpc) is 1.93. The first-order chi connectivity index (χ1) is 6.99. The predicted octanol–water partition coefficient (Wildman–Crippen LogP) is 4.90. The highest BCUT2D eigenvalue weighted by atomic mass is 32.2. The Kier molecular flexibility index (Phi) is 3.58. The van der Waals surface area contributed by atoms with Crippen molar-refractivity contribution >= 4 is 12.0 Å². The summed E-state index contributed by atoms with van der Waals surface area (Å²) in [6, 6.07) is 0. The summed E-state index contributed by atoms with van der Waals surface area (Å²) in [5.41, 5.74) is -4.46. The van der Waals surface area contributed by atoms with Gasteiger partial charge in [-0.1, -0.05) is 27.7 Å². The summed E-state index contributed by atoms with van der Waals surface area (Å²) in [4.78, 5) is 0. The van der Waals surface area contributed by atoms with Crippen LogP contribution < -0.4 is 0 Å². The molecule has 1 aliphatic rings. The topological polar surface area (TPSA) is 9.23 Å². The van der Waals surface area contributed by atoms with Crippen molar-refractivity contribution in [2.24, 2.45) is 10.8 Å². The Balaban J connectivity index is 2.69. The van der Waals surface area contributed by atoms with Crippen molar-refractivity contribution in [3.8, 4) is 0 Å². The molecule has 0 spiro atoms. The van der Waals surface area contributed by atoms with E-state index in [2.05, 4.69) is 0 Å². The summed E-state index contributed by atoms with van der Waals surface area (Å²) >= 11 is -0.427. The van der Waals surface area contributed by atoms with Gasteiger partial charge >= 0.3 is 5.51 Å². The monoisotopic (exact) mass is 254 g/mol. The number of hydrogen-bond donors (Lipinski definition) is 0. The van der Waals surface area contributed by atoms with Crippen LogP contribution in [0.5, 0.6) is 0 Å². The number of alkyl halides is 3. The molecule has 1 aliphatic carbocycles. The second-order valence-electron chi connectivity index (χ2n) is 5.73. The van der Waals surface area contributed by atoms with E-state index in [1.807, 2.05) is 27.7 Å². The van der Waals surface area contributed by atoms with Crippen molar-refractivity contribution < 1.29 is 17.4 Å². The van der Waals surface area contributed by atoms with Gasteiger partial charge in [0.05, 0.1) is 0 Å². The van der Waals surface area contributed by atoms with E-state index < -0.39 is 17.6 Å². The SMILES string of the molecule is CC1(C)C=C(OSC(F)(F)F)CC(C)(C)C1. The minimum Gasteiger partial charge on any atom is -0.422 e. The Labute approximate surface area is 98.6 Å². The van der Waals surface area contributed by atoms with Crippen LogP contribution in [0.4, 0.5) is 13.2 Å². The lowest BCUT2D eigenvalue weighted by Gasteiger charge is -2.38. The number of halogens is 3. The summed E-state index contributed by atoms with van der Waals surface area (Å²) in [7, 11) is 0. The molecule has 0 unspecified atom stereocenters. The van der Waals surface area contributed by atoms with E-state index in [0.29, 0.717) is 12.2 Å². The zero-order valence-corrected chi connectivity index (χ0v) is 10.8. The van der Waals surface area contributed by atoms with E-state index in [4.69, 9.17) is 4.18 Å². The van der Waals surface area contributed by atoms with Crippen LogP contribution in [0, 0.1) is 10.8 Å². The van der Waals surface area contributed by atoms with Gasteiger partial charge in [-0.25, -0.2) is 0 Å². The van der Waals surface area contributed by atoms with Gasteiger partial charge in [-0.15, -0.1) is 0 Å². The van der Waals surface area contributed by atoms with Crippen LogP contribution in [-0.4, -0.2) is 5.51 Å². The molecule has 5 heteroatoms. The maximum Gasteiger partial charge on any atom is 0.479 e. The first kappa shape index (κ1) is 13.7. The number of rotatable bonds is 2. The molecule has 0 saturated heterocycles. The minimum atomic E-state index is -4.34. The molecule has 0 amide bonds. The Bertz CT molecular complexity index is 292. The maximum absolute atomic E-state index is 12.0. The highest BCUT2D eigenvalue weighted by Gasteiger charge is 2.37. The van der Waals surface area contributed by atoms with Crippen LogP contribution in [0.1, 0.15) is 40.5 Å². The largest absolute Gasteiger partial charge is 0.479 e. The van der Waals surface area contributed by atoms with E-state index in [0.717, 1.165) is 6.42 Å². The normalized spacial score (nSPS) is 23.8. The van der Waals surface area contributed by atoms with Crippen molar-refractivity contribution in [2.75, 3.05) is 0 Å². The first-order valence-electron chi connectivity index (χ1n) is 5.13. The number of hydrogen-bond acceptors (Lipinski definition) is 2. The molecule has 0 aromatic heterocycles. The zero-order valence-electron chi connectivity index (χ0n) is 9.94. The fraction of sp³-hybridized carbons (Fsp3) is 0.818. The summed E-state index contributed by atoms with van der Waals surface area (Å²) in [6.07, 6.45) is 3.31. The van der Waals surface area contributed by atoms with Crippen molar-refractivity contribution in [1.29, 1.82) is 0 Å². The van der Waals surface area contributed by atoms with Crippen LogP contribution in [0.15, 0.2) is 11.8 Å². The Hall–Kier alpha value is -0.320. The van der Waals surface area contributed by atoms with Gasteiger partial charge in [0.1, 0.15) is 5.76 Å². The third kappa shape index (κ3) is 4.68. The van der Waals surface area contributed by atoms with Gasteiger partial charge in [-0.3, -0.25) is 0 Å². The molecule has 0 atom stereocenters. The fourth-order valence-corrected chi connectivity index (χ4v) is 2.77. The lowest BCUT2D eigenvalue weighted by atomic mass is 9.69. The molecule has 1 rings (SSSR count). The van der Waals surface area contributed by atoms with E-state index in [9.17, 15) is 13.2 Å². The van der Waals surface area contributed by atoms with Crippen LogP contribution in [0.25, 0.3) is 0 Å². The molecule has 0 bridgehead atoms. The van der Waals surface area contributed by atoms with Crippen molar-refractivity contribution in [3.63, 3.8) is 0 Å². The molecule has 94 valence electrons. The van der Waals surface area contributed by atoms with Gasteiger partial charge in [0.25, 0.3) is 0 Å². The molecule has 0 aromatic carbocycles. The number of allylic oxidation sites excluding steroid dienone is 2. The standard InChI is InChI=1S/C11H17F3OS/c1-9(2)5-8(6-10(3,4)7-9)15-16-11(12,13)14/h5H,6-7H2,1-4H3. The lowest BCUT2D eigenvalue weighted by Crippen LogP contribution is -2.27. The highest BCUT2D eigenvalue weighted by molar-refractivity contribution is 7.95. The van der Waals surface area contributed by atoms with E-state index in [-0.39, 0.29) is 10.8 Å². The van der Waals surface area contributed by atoms with Gasteiger partial charge in [0.2, 0.25) is 0 Å². The van der Waals surface area contributed by atoms with Gasteiger partial charge in [-0.05, 0) is 23.3 Å². The molecule has 0 fully saturated rings. The van der Waals surface area contributed by atoms with Crippen LogP contribution in [-0.2, 0) is 4.18 Å². The van der Waals surface area contributed by atoms with Gasteiger partial charge in [-0.2, -0.15) is 13.2 Å². The molecule has 0 N–H and O–H groups in total. The smallest absolute Gasteiger partial charge is 0.422 e. The maximum atomic E-state index is 12.0. The molecule has 0 saturated carbocycles. The predicted molar refractivity (Wildman–Crippen MR) is 59.6 cm³/mol. The van der Waals surface area contributed by atoms with Crippen molar-refractivity contribution in [1.82, 2.24) is 0 Å². The third-order valence-corrected chi connectivity index (χ3v) is 2.87. The molecule has 0 aliphatic heterocycles. The fourth-order valence-electron chi connectivity index (χ4n) is 2.46. The molecular formula is C11H17F3OS. The Morgan fingerprint density at radius 2 is 1.81 bits per heavy atom. The molecular weight excluding hydrogens is 237 g/mol. The van der Waals surface area contributed by atoms with Gasteiger partial charge in [0, 0.05) is 6.42 Å². The van der Waals surface area contributed by atoms with E-state index in [1.54, 1.807) is 6.08 Å². The van der Waals surface area contributed by atoms with E-state index in [1.165, 1.54) is 0 Å². The summed E-state index contributed by atoms with van der Waals surface area (Å²) in [5.74, 6) is 0.434. The molecule has 0 aromatic rings. The van der Waals surface area contributed by atoms with Gasteiger partial charge < -0.3 is 4.18 Å². The zero-order chi connectivity index (χ0) is 12.6. The molecule has 16 heavy (non-hydrogen) atoms. The molecule has 1 nitrogen and oxygen atoms in total. The van der Waals surface area contributed by atoms with Gasteiger partial charge in [0.15, 0.2) is 12.0 Å². The van der Waals surface area contributed by atoms with Crippen LogP contribution >= 0.6 is 12.0 Å². The third-order valence-electron chi connectivity index (χ3n) is 2.38. The van der Waals surface area contributed by atoms with Crippen LogP contribution in [0.2, 0.25) is 0 Å².